The van der Waals surface area contributed by atoms with Gasteiger partial charge in [-0.1, -0.05) is 27.7 Å². The maximum Gasteiger partial charge on any atom is 0.246 e. The van der Waals surface area contributed by atoms with Crippen LogP contribution in [0.1, 0.15) is 54.4 Å². The predicted octanol–water partition coefficient (Wildman–Crippen LogP) is 0.142. The first-order valence-corrected chi connectivity index (χ1v) is 9.81. The van der Waals surface area contributed by atoms with E-state index in [2.05, 4.69) is 16.0 Å². The molecule has 1 heterocycles. The number of carbonyl (C=O) groups excluding carboxylic acids is 4. The Balaban J connectivity index is 2.88. The van der Waals surface area contributed by atoms with Crippen molar-refractivity contribution in [1.29, 1.82) is 0 Å². The summed E-state index contributed by atoms with van der Waals surface area (Å²) >= 11 is 0. The summed E-state index contributed by atoms with van der Waals surface area (Å²) in [4.78, 5) is 50.3. The summed E-state index contributed by atoms with van der Waals surface area (Å²) in [5.74, 6) is -1.54. The zero-order valence-electron chi connectivity index (χ0n) is 17.7. The van der Waals surface area contributed by atoms with Crippen molar-refractivity contribution in [3.8, 4) is 0 Å². The van der Waals surface area contributed by atoms with Crippen LogP contribution in [-0.4, -0.2) is 66.0 Å². The lowest BCUT2D eigenvalue weighted by atomic mass is 10.0. The van der Waals surface area contributed by atoms with Crippen LogP contribution in [0.25, 0.3) is 0 Å². The summed E-state index contributed by atoms with van der Waals surface area (Å²) in [7, 11) is 0. The molecule has 0 bridgehead atoms. The molecule has 1 aliphatic rings. The fourth-order valence-electron chi connectivity index (χ4n) is 2.80. The normalized spacial score (nSPS) is 16.8. The van der Waals surface area contributed by atoms with Gasteiger partial charge in [0.15, 0.2) is 0 Å². The second-order valence-corrected chi connectivity index (χ2v) is 7.90. The van der Waals surface area contributed by atoms with Crippen LogP contribution in [0.4, 0.5) is 0 Å². The Bertz CT molecular complexity index is 561. The number of nitrogens with one attached hydrogen (secondary N) is 3. The summed E-state index contributed by atoms with van der Waals surface area (Å²) in [5, 5.41) is 8.46. The van der Waals surface area contributed by atoms with E-state index in [1.54, 1.807) is 0 Å². The molecule has 1 saturated heterocycles. The Hall–Kier alpha value is -2.00. The molecule has 0 spiro atoms. The average molecular weight is 399 g/mol. The highest BCUT2D eigenvalue weighted by Crippen LogP contribution is 2.12. The van der Waals surface area contributed by atoms with Crippen molar-refractivity contribution in [1.82, 2.24) is 20.9 Å². The molecule has 0 aromatic heterocycles. The minimum absolute atomic E-state index is 0.00886. The third kappa shape index (κ3) is 7.55. The van der Waals surface area contributed by atoms with Crippen molar-refractivity contribution in [2.45, 2.75) is 78.6 Å². The minimum Gasteiger partial charge on any atom is -0.359 e. The molecular weight excluding hydrogens is 364 g/mol. The Morgan fingerprint density at radius 1 is 1.00 bits per heavy atom. The molecule has 1 rings (SSSR count). The summed E-state index contributed by atoms with van der Waals surface area (Å²) in [6.45, 7) is 11.1. The summed E-state index contributed by atoms with van der Waals surface area (Å²) in [6.07, 6.45) is 0.179. The summed E-state index contributed by atoms with van der Waals surface area (Å²) in [6, 6.07) is -1.48. The fourth-order valence-corrected chi connectivity index (χ4v) is 2.80. The third-order valence-corrected chi connectivity index (χ3v) is 4.28. The lowest BCUT2D eigenvalue weighted by Gasteiger charge is -2.28. The number of hydrogen-bond donors (Lipinski definition) is 3. The molecule has 0 radical (unpaired) electrons. The smallest absolute Gasteiger partial charge is 0.246 e. The molecule has 0 aromatic rings. The highest BCUT2D eigenvalue weighted by atomic mass is 16.5. The number of ether oxygens (including phenoxy) is 1. The van der Waals surface area contributed by atoms with E-state index < -0.39 is 18.0 Å². The van der Waals surface area contributed by atoms with E-state index >= 15 is 0 Å². The van der Waals surface area contributed by atoms with Crippen molar-refractivity contribution < 1.29 is 23.9 Å². The summed E-state index contributed by atoms with van der Waals surface area (Å²) in [5.41, 5.74) is 0. The van der Waals surface area contributed by atoms with Gasteiger partial charge in [-0.3, -0.25) is 24.1 Å². The van der Waals surface area contributed by atoms with Crippen LogP contribution in [0.3, 0.4) is 0 Å². The first kappa shape index (κ1) is 24.0. The predicted molar refractivity (Wildman–Crippen MR) is 104 cm³/mol. The van der Waals surface area contributed by atoms with Gasteiger partial charge in [-0.2, -0.15) is 0 Å². The van der Waals surface area contributed by atoms with Gasteiger partial charge in [0.1, 0.15) is 12.8 Å². The van der Waals surface area contributed by atoms with E-state index in [9.17, 15) is 19.2 Å². The molecule has 160 valence electrons. The molecule has 2 atom stereocenters. The van der Waals surface area contributed by atoms with Crippen LogP contribution in [0.5, 0.6) is 0 Å². The second kappa shape index (κ2) is 11.1. The maximum absolute atomic E-state index is 12.8. The van der Waals surface area contributed by atoms with Gasteiger partial charge in [0, 0.05) is 18.9 Å². The lowest BCUT2D eigenvalue weighted by molar-refractivity contribution is -0.141. The Kier molecular flexibility index (Phi) is 9.54. The number of hydrogen-bond acceptors (Lipinski definition) is 6. The molecule has 28 heavy (non-hydrogen) atoms. The molecule has 1 fully saturated rings. The Morgan fingerprint density at radius 2 is 1.57 bits per heavy atom. The molecule has 4 amide bonds. The number of rotatable bonds is 11. The molecule has 2 unspecified atom stereocenters. The van der Waals surface area contributed by atoms with E-state index in [0.717, 1.165) is 4.90 Å². The van der Waals surface area contributed by atoms with Gasteiger partial charge in [0.05, 0.1) is 18.7 Å². The van der Waals surface area contributed by atoms with Crippen molar-refractivity contribution in [2.24, 2.45) is 5.92 Å². The van der Waals surface area contributed by atoms with Crippen LogP contribution >= 0.6 is 0 Å². The second-order valence-electron chi connectivity index (χ2n) is 7.90. The quantitative estimate of drug-likeness (QED) is 0.337. The Labute approximate surface area is 166 Å². The van der Waals surface area contributed by atoms with Crippen molar-refractivity contribution >= 4 is 23.6 Å². The van der Waals surface area contributed by atoms with Gasteiger partial charge in [0.2, 0.25) is 23.6 Å². The zero-order valence-corrected chi connectivity index (χ0v) is 17.7. The standard InChI is InChI=1S/C19H34N4O5/c1-11(2)17(21-12(3)4)19(27)22-14(18(26)20-10-28-13(5)6)9-23-15(24)7-8-16(23)25/h11-14,17,21H,7-10H2,1-6H3,(H,20,26)(H,22,27). The van der Waals surface area contributed by atoms with E-state index in [-0.39, 0.29) is 61.9 Å². The van der Waals surface area contributed by atoms with Crippen LogP contribution in [0.2, 0.25) is 0 Å². The van der Waals surface area contributed by atoms with E-state index in [0.29, 0.717) is 0 Å². The molecule has 0 saturated carbocycles. The monoisotopic (exact) mass is 398 g/mol. The van der Waals surface area contributed by atoms with Crippen molar-refractivity contribution in [3.05, 3.63) is 0 Å². The van der Waals surface area contributed by atoms with E-state index in [1.807, 2.05) is 41.5 Å². The van der Waals surface area contributed by atoms with Crippen LogP contribution in [-0.2, 0) is 23.9 Å². The highest BCUT2D eigenvalue weighted by molar-refractivity contribution is 6.02. The number of nitrogens with zero attached hydrogens (tertiary/aromatic N) is 1. The van der Waals surface area contributed by atoms with Gasteiger partial charge in [-0.05, 0) is 19.8 Å². The van der Waals surface area contributed by atoms with Gasteiger partial charge >= 0.3 is 0 Å². The van der Waals surface area contributed by atoms with Gasteiger partial charge < -0.3 is 20.7 Å². The maximum atomic E-state index is 12.8. The SMILES string of the molecule is CC(C)NC(C(=O)NC(CN1C(=O)CCC1=O)C(=O)NCOC(C)C)C(C)C. The molecular formula is C19H34N4O5. The lowest BCUT2D eigenvalue weighted by Crippen LogP contribution is -2.58. The molecule has 0 aliphatic carbocycles. The molecule has 0 aromatic carbocycles. The third-order valence-electron chi connectivity index (χ3n) is 4.28. The fraction of sp³-hybridized carbons (Fsp3) is 0.789. The first-order valence-electron chi connectivity index (χ1n) is 9.81. The van der Waals surface area contributed by atoms with Gasteiger partial charge in [-0.15, -0.1) is 0 Å². The number of amides is 4. The van der Waals surface area contributed by atoms with Crippen molar-refractivity contribution in [2.75, 3.05) is 13.3 Å². The zero-order chi connectivity index (χ0) is 21.4. The van der Waals surface area contributed by atoms with Crippen LogP contribution < -0.4 is 16.0 Å². The van der Waals surface area contributed by atoms with Gasteiger partial charge in [0.25, 0.3) is 0 Å². The average Bonchev–Trinajstić information content (AvgIpc) is 2.89. The molecule has 9 nitrogen and oxygen atoms in total. The topological polar surface area (TPSA) is 117 Å². The molecule has 9 heteroatoms. The summed E-state index contributed by atoms with van der Waals surface area (Å²) < 4.78 is 5.31. The molecule has 3 N–H and O–H groups in total. The first-order chi connectivity index (χ1) is 13.0. The van der Waals surface area contributed by atoms with Crippen LogP contribution in [0.15, 0.2) is 0 Å². The number of likely N-dealkylation sites (tertiary alicyclic amines) is 1. The molecule has 1 aliphatic heterocycles. The van der Waals surface area contributed by atoms with E-state index in [4.69, 9.17) is 4.74 Å². The van der Waals surface area contributed by atoms with Crippen molar-refractivity contribution in [3.63, 3.8) is 0 Å². The number of imide groups is 1. The van der Waals surface area contributed by atoms with Crippen LogP contribution in [0, 0.1) is 5.92 Å². The highest BCUT2D eigenvalue weighted by Gasteiger charge is 2.35. The Morgan fingerprint density at radius 3 is 2.04 bits per heavy atom. The van der Waals surface area contributed by atoms with Gasteiger partial charge in [-0.25, -0.2) is 0 Å². The largest absolute Gasteiger partial charge is 0.359 e. The number of carbonyl (C=O) groups is 4. The van der Waals surface area contributed by atoms with E-state index in [1.165, 1.54) is 0 Å². The minimum atomic E-state index is -1.05.